The van der Waals surface area contributed by atoms with Gasteiger partial charge in [-0.15, -0.1) is 0 Å². The van der Waals surface area contributed by atoms with Crippen LogP contribution in [0.15, 0.2) is 30.3 Å². The van der Waals surface area contributed by atoms with Gasteiger partial charge in [0.1, 0.15) is 6.61 Å². The van der Waals surface area contributed by atoms with Crippen LogP contribution >= 0.6 is 0 Å². The summed E-state index contributed by atoms with van der Waals surface area (Å²) in [5.74, 6) is -0.719. The van der Waals surface area contributed by atoms with Crippen molar-refractivity contribution in [3.05, 3.63) is 35.9 Å². The van der Waals surface area contributed by atoms with E-state index in [9.17, 15) is 19.2 Å². The summed E-state index contributed by atoms with van der Waals surface area (Å²) in [5, 5.41) is 16.7. The number of hydrogen-bond acceptors (Lipinski definition) is 5. The average Bonchev–Trinajstić information content (AvgIpc) is 3.08. The van der Waals surface area contributed by atoms with E-state index in [2.05, 4.69) is 16.0 Å². The molecule has 1 saturated heterocycles. The minimum absolute atomic E-state index is 0.0446. The molecule has 0 unspecified atom stereocenters. The smallest absolute Gasteiger partial charge is 0.409 e. The zero-order valence-electron chi connectivity index (χ0n) is 18.1. The molecule has 1 atom stereocenters. The van der Waals surface area contributed by atoms with Gasteiger partial charge in [-0.1, -0.05) is 37.3 Å². The SMILES string of the molecule is CCC(=O)N[C@]1(NC(=O)OCc2ccccc2)CCN(C2CCC(NC(=O)O)CC2)C1=O. The van der Waals surface area contributed by atoms with E-state index >= 15 is 0 Å². The van der Waals surface area contributed by atoms with Crippen molar-refractivity contribution in [1.82, 2.24) is 20.9 Å². The number of nitrogens with one attached hydrogen (secondary N) is 3. The number of rotatable bonds is 7. The number of benzene rings is 1. The molecule has 1 aromatic rings. The number of carbonyl (C=O) groups excluding carboxylic acids is 3. The van der Waals surface area contributed by atoms with Crippen molar-refractivity contribution < 1.29 is 29.0 Å². The Morgan fingerprint density at radius 3 is 2.44 bits per heavy atom. The second-order valence-electron chi connectivity index (χ2n) is 8.20. The number of carbonyl (C=O) groups is 4. The summed E-state index contributed by atoms with van der Waals surface area (Å²) < 4.78 is 5.27. The van der Waals surface area contributed by atoms with Crippen LogP contribution in [0, 0.1) is 0 Å². The molecule has 0 aromatic heterocycles. The molecule has 1 aliphatic heterocycles. The molecular weight excluding hydrogens is 416 g/mol. The second kappa shape index (κ2) is 10.3. The molecule has 4 N–H and O–H groups in total. The predicted octanol–water partition coefficient (Wildman–Crippen LogP) is 1.95. The Morgan fingerprint density at radius 1 is 1.12 bits per heavy atom. The fourth-order valence-electron chi connectivity index (χ4n) is 4.32. The minimum Gasteiger partial charge on any atom is -0.465 e. The highest BCUT2D eigenvalue weighted by Gasteiger charge is 2.51. The third kappa shape index (κ3) is 5.68. The highest BCUT2D eigenvalue weighted by molar-refractivity contribution is 5.95. The molecule has 1 aliphatic carbocycles. The van der Waals surface area contributed by atoms with Crippen molar-refractivity contribution in [1.29, 1.82) is 0 Å². The van der Waals surface area contributed by atoms with Gasteiger partial charge in [0.25, 0.3) is 5.91 Å². The maximum absolute atomic E-state index is 13.4. The molecule has 2 fully saturated rings. The summed E-state index contributed by atoms with van der Waals surface area (Å²) in [5.41, 5.74) is -0.739. The molecule has 0 bridgehead atoms. The van der Waals surface area contributed by atoms with Crippen molar-refractivity contribution in [2.24, 2.45) is 0 Å². The first-order chi connectivity index (χ1) is 15.3. The van der Waals surface area contributed by atoms with E-state index in [1.807, 2.05) is 30.3 Å². The van der Waals surface area contributed by atoms with Crippen molar-refractivity contribution >= 4 is 24.0 Å². The van der Waals surface area contributed by atoms with Crippen molar-refractivity contribution in [2.75, 3.05) is 6.54 Å². The Hall–Kier alpha value is -3.30. The fraction of sp³-hybridized carbons (Fsp3) is 0.545. The van der Waals surface area contributed by atoms with Gasteiger partial charge in [-0.25, -0.2) is 9.59 Å². The Labute approximate surface area is 186 Å². The Morgan fingerprint density at radius 2 is 1.81 bits per heavy atom. The predicted molar refractivity (Wildman–Crippen MR) is 114 cm³/mol. The molecule has 10 nitrogen and oxygen atoms in total. The number of carboxylic acid groups (broad SMARTS) is 1. The number of ether oxygens (including phenoxy) is 1. The molecule has 0 radical (unpaired) electrons. The summed E-state index contributed by atoms with van der Waals surface area (Å²) >= 11 is 0. The summed E-state index contributed by atoms with van der Waals surface area (Å²) in [7, 11) is 0. The van der Waals surface area contributed by atoms with E-state index < -0.39 is 17.8 Å². The molecule has 32 heavy (non-hydrogen) atoms. The molecular formula is C22H30N4O6. The quantitative estimate of drug-likeness (QED) is 0.473. The van der Waals surface area contributed by atoms with Gasteiger partial charge >= 0.3 is 12.2 Å². The average molecular weight is 447 g/mol. The third-order valence-electron chi connectivity index (χ3n) is 6.02. The Bertz CT molecular complexity index is 840. The molecule has 174 valence electrons. The van der Waals surface area contributed by atoms with Crippen molar-refractivity contribution in [3.63, 3.8) is 0 Å². The van der Waals surface area contributed by atoms with Crippen LogP contribution in [-0.4, -0.2) is 58.3 Å². The zero-order valence-corrected chi connectivity index (χ0v) is 18.1. The van der Waals surface area contributed by atoms with Gasteiger partial charge < -0.3 is 25.4 Å². The number of likely N-dealkylation sites (tertiary alicyclic amines) is 1. The number of alkyl carbamates (subject to hydrolysis) is 1. The molecule has 0 spiro atoms. The first-order valence-corrected chi connectivity index (χ1v) is 10.9. The number of hydrogen-bond donors (Lipinski definition) is 4. The maximum Gasteiger partial charge on any atom is 0.409 e. The minimum atomic E-state index is -1.54. The lowest BCUT2D eigenvalue weighted by atomic mass is 9.90. The highest BCUT2D eigenvalue weighted by Crippen LogP contribution is 2.30. The van der Waals surface area contributed by atoms with Crippen LogP contribution in [-0.2, 0) is 20.9 Å². The fourth-order valence-corrected chi connectivity index (χ4v) is 4.32. The van der Waals surface area contributed by atoms with Crippen LogP contribution in [0.1, 0.15) is 51.0 Å². The summed E-state index contributed by atoms with van der Waals surface area (Å²) in [6.45, 7) is 2.09. The van der Waals surface area contributed by atoms with Crippen LogP contribution in [0.2, 0.25) is 0 Å². The van der Waals surface area contributed by atoms with E-state index in [-0.39, 0.29) is 43.3 Å². The lowest BCUT2D eigenvalue weighted by molar-refractivity contribution is -0.140. The van der Waals surface area contributed by atoms with E-state index in [1.54, 1.807) is 11.8 Å². The molecule has 4 amide bonds. The third-order valence-corrected chi connectivity index (χ3v) is 6.02. The molecule has 3 rings (SSSR count). The van der Waals surface area contributed by atoms with Gasteiger partial charge in [-0.3, -0.25) is 14.9 Å². The summed E-state index contributed by atoms with van der Waals surface area (Å²) in [6, 6.07) is 8.96. The highest BCUT2D eigenvalue weighted by atomic mass is 16.5. The van der Waals surface area contributed by atoms with E-state index in [4.69, 9.17) is 9.84 Å². The van der Waals surface area contributed by atoms with E-state index in [1.165, 1.54) is 0 Å². The van der Waals surface area contributed by atoms with Crippen molar-refractivity contribution in [3.8, 4) is 0 Å². The summed E-state index contributed by atoms with van der Waals surface area (Å²) in [4.78, 5) is 50.6. The van der Waals surface area contributed by atoms with E-state index in [0.29, 0.717) is 32.2 Å². The monoisotopic (exact) mass is 446 g/mol. The zero-order chi connectivity index (χ0) is 23.1. The normalized spacial score (nSPS) is 25.2. The van der Waals surface area contributed by atoms with Crippen molar-refractivity contribution in [2.45, 2.75) is 69.8 Å². The maximum atomic E-state index is 13.4. The molecule has 1 saturated carbocycles. The summed E-state index contributed by atoms with van der Waals surface area (Å²) in [6.07, 6.45) is 1.11. The van der Waals surface area contributed by atoms with Gasteiger partial charge in [0.2, 0.25) is 5.91 Å². The van der Waals surface area contributed by atoms with E-state index in [0.717, 1.165) is 5.56 Å². The van der Waals surface area contributed by atoms with Crippen LogP contribution in [0.5, 0.6) is 0 Å². The van der Waals surface area contributed by atoms with Crippen LogP contribution < -0.4 is 16.0 Å². The van der Waals surface area contributed by atoms with Crippen LogP contribution in [0.25, 0.3) is 0 Å². The van der Waals surface area contributed by atoms with Gasteiger partial charge in [0.15, 0.2) is 5.66 Å². The van der Waals surface area contributed by atoms with Gasteiger partial charge in [0.05, 0.1) is 0 Å². The molecule has 10 heteroatoms. The standard InChI is InChI=1S/C22H30N4O6/c1-2-18(27)24-22(25-21(31)32-14-15-6-4-3-5-7-15)12-13-26(19(22)28)17-10-8-16(9-11-17)23-20(29)30/h3-7,16-17,23H,2,8-14H2,1H3,(H,24,27)(H,25,31)(H,29,30)/t16?,17?,22-/m0/s1. The van der Waals surface area contributed by atoms with Crippen LogP contribution in [0.4, 0.5) is 9.59 Å². The number of amides is 4. The molecule has 1 heterocycles. The number of nitrogens with zero attached hydrogens (tertiary/aromatic N) is 1. The second-order valence-corrected chi connectivity index (χ2v) is 8.20. The first kappa shape index (κ1) is 23.4. The first-order valence-electron chi connectivity index (χ1n) is 10.9. The molecule has 2 aliphatic rings. The largest absolute Gasteiger partial charge is 0.465 e. The van der Waals surface area contributed by atoms with Gasteiger partial charge in [-0.2, -0.15) is 0 Å². The Kier molecular flexibility index (Phi) is 7.55. The molecule has 1 aromatic carbocycles. The van der Waals surface area contributed by atoms with Gasteiger partial charge in [-0.05, 0) is 31.2 Å². The lowest BCUT2D eigenvalue weighted by Crippen LogP contribution is -2.65. The lowest BCUT2D eigenvalue weighted by Gasteiger charge is -2.36. The van der Waals surface area contributed by atoms with Gasteiger partial charge in [0, 0.05) is 31.5 Å². The Balaban J connectivity index is 1.64. The topological polar surface area (TPSA) is 137 Å². The van der Waals surface area contributed by atoms with Crippen LogP contribution in [0.3, 0.4) is 0 Å².